The highest BCUT2D eigenvalue weighted by Gasteiger charge is 2.28. The first-order chi connectivity index (χ1) is 15.2. The molecule has 174 valence electrons. The van der Waals surface area contributed by atoms with E-state index in [2.05, 4.69) is 5.32 Å². The Morgan fingerprint density at radius 1 is 1.09 bits per heavy atom. The summed E-state index contributed by atoms with van der Waals surface area (Å²) in [6, 6.07) is 13.1. The zero-order chi connectivity index (χ0) is 23.7. The van der Waals surface area contributed by atoms with E-state index in [1.165, 1.54) is 0 Å². The summed E-state index contributed by atoms with van der Waals surface area (Å²) in [7, 11) is 0. The zero-order valence-electron chi connectivity index (χ0n) is 19.8. The molecule has 0 spiro atoms. The molecule has 2 amide bonds. The van der Waals surface area contributed by atoms with Crippen LogP contribution in [0.2, 0.25) is 5.02 Å². The molecule has 6 heteroatoms. The molecule has 1 atom stereocenters. The lowest BCUT2D eigenvalue weighted by molar-refractivity contribution is -0.142. The number of carbonyl (C=O) groups excluding carboxylic acids is 2. The molecule has 0 heterocycles. The highest BCUT2D eigenvalue weighted by molar-refractivity contribution is 6.32. The van der Waals surface area contributed by atoms with Crippen molar-refractivity contribution < 1.29 is 14.3 Å². The Kier molecular flexibility index (Phi) is 10.0. The molecule has 5 nitrogen and oxygen atoms in total. The fourth-order valence-electron chi connectivity index (χ4n) is 3.54. The first kappa shape index (κ1) is 25.7. The third-order valence-electron chi connectivity index (χ3n) is 5.33. The molecule has 2 rings (SSSR count). The minimum absolute atomic E-state index is 0.124. The third kappa shape index (κ3) is 7.56. The van der Waals surface area contributed by atoms with Crippen LogP contribution in [0.4, 0.5) is 0 Å². The average Bonchev–Trinajstić information content (AvgIpc) is 2.77. The van der Waals surface area contributed by atoms with Crippen LogP contribution in [0, 0.1) is 19.8 Å². The van der Waals surface area contributed by atoms with E-state index < -0.39 is 6.04 Å². The molecule has 0 saturated heterocycles. The number of aryl methyl sites for hydroxylation is 2. The van der Waals surface area contributed by atoms with Crippen molar-refractivity contribution in [2.24, 2.45) is 5.92 Å². The average molecular weight is 459 g/mol. The van der Waals surface area contributed by atoms with E-state index in [1.54, 1.807) is 4.90 Å². The van der Waals surface area contributed by atoms with Gasteiger partial charge in [0.15, 0.2) is 6.61 Å². The first-order valence-electron chi connectivity index (χ1n) is 11.2. The van der Waals surface area contributed by atoms with Crippen molar-refractivity contribution in [3.05, 3.63) is 64.2 Å². The van der Waals surface area contributed by atoms with Crippen LogP contribution in [-0.2, 0) is 16.0 Å². The largest absolute Gasteiger partial charge is 0.484 e. The smallest absolute Gasteiger partial charge is 0.261 e. The molecule has 0 bridgehead atoms. The van der Waals surface area contributed by atoms with Crippen molar-refractivity contribution in [3.8, 4) is 5.75 Å². The monoisotopic (exact) mass is 458 g/mol. The SMILES string of the molecule is CC[C@@H](C(=O)NCC(C)C)N(CCc1ccccc1)C(=O)COc1cc(C)c(Cl)c(C)c1. The van der Waals surface area contributed by atoms with E-state index in [-0.39, 0.29) is 18.4 Å². The first-order valence-corrected chi connectivity index (χ1v) is 11.6. The predicted molar refractivity (Wildman–Crippen MR) is 130 cm³/mol. The van der Waals surface area contributed by atoms with Gasteiger partial charge in [-0.1, -0.05) is 62.7 Å². The summed E-state index contributed by atoms with van der Waals surface area (Å²) in [6.07, 6.45) is 1.20. The molecule has 0 aliphatic rings. The van der Waals surface area contributed by atoms with Crippen LogP contribution < -0.4 is 10.1 Å². The van der Waals surface area contributed by atoms with Crippen LogP contribution in [0.3, 0.4) is 0 Å². The summed E-state index contributed by atoms with van der Waals surface area (Å²) in [5.41, 5.74) is 2.91. The van der Waals surface area contributed by atoms with Gasteiger partial charge in [-0.3, -0.25) is 9.59 Å². The summed E-state index contributed by atoms with van der Waals surface area (Å²) in [6.45, 7) is 10.7. The number of rotatable bonds is 11. The van der Waals surface area contributed by atoms with Gasteiger partial charge in [-0.25, -0.2) is 0 Å². The van der Waals surface area contributed by atoms with Crippen molar-refractivity contribution in [3.63, 3.8) is 0 Å². The third-order valence-corrected chi connectivity index (χ3v) is 5.92. The Hall–Kier alpha value is -2.53. The van der Waals surface area contributed by atoms with E-state index in [0.717, 1.165) is 16.7 Å². The summed E-state index contributed by atoms with van der Waals surface area (Å²) in [5, 5.41) is 3.67. The van der Waals surface area contributed by atoms with Crippen LogP contribution in [0.15, 0.2) is 42.5 Å². The Morgan fingerprint density at radius 2 is 1.72 bits per heavy atom. The number of halogens is 1. The van der Waals surface area contributed by atoms with Gasteiger partial charge in [0.05, 0.1) is 0 Å². The van der Waals surface area contributed by atoms with E-state index >= 15 is 0 Å². The molecule has 0 unspecified atom stereocenters. The lowest BCUT2D eigenvalue weighted by Gasteiger charge is -2.30. The van der Waals surface area contributed by atoms with Crippen molar-refractivity contribution in [2.45, 2.75) is 53.5 Å². The quantitative estimate of drug-likeness (QED) is 0.517. The van der Waals surface area contributed by atoms with Gasteiger partial charge >= 0.3 is 0 Å². The van der Waals surface area contributed by atoms with Crippen LogP contribution in [0.25, 0.3) is 0 Å². The Balaban J connectivity index is 2.15. The fraction of sp³-hybridized carbons (Fsp3) is 0.462. The molecule has 0 aromatic heterocycles. The minimum Gasteiger partial charge on any atom is -0.484 e. The van der Waals surface area contributed by atoms with Crippen LogP contribution in [0.5, 0.6) is 5.75 Å². The fourth-order valence-corrected chi connectivity index (χ4v) is 3.65. The second-order valence-electron chi connectivity index (χ2n) is 8.55. The summed E-state index contributed by atoms with van der Waals surface area (Å²) < 4.78 is 5.81. The van der Waals surface area contributed by atoms with Crippen LogP contribution >= 0.6 is 11.6 Å². The molecular weight excluding hydrogens is 424 g/mol. The van der Waals surface area contributed by atoms with Gasteiger partial charge in [0.2, 0.25) is 5.91 Å². The molecular formula is C26H35ClN2O3. The van der Waals surface area contributed by atoms with E-state index in [1.807, 2.05) is 77.1 Å². The van der Waals surface area contributed by atoms with E-state index in [4.69, 9.17) is 16.3 Å². The molecule has 0 aliphatic heterocycles. The molecule has 2 aromatic carbocycles. The van der Waals surface area contributed by atoms with Gasteiger partial charge in [-0.2, -0.15) is 0 Å². The molecule has 0 aliphatic carbocycles. The Bertz CT molecular complexity index is 876. The molecule has 0 radical (unpaired) electrons. The maximum Gasteiger partial charge on any atom is 0.261 e. The van der Waals surface area contributed by atoms with Gasteiger partial charge in [-0.05, 0) is 61.4 Å². The Morgan fingerprint density at radius 3 is 2.28 bits per heavy atom. The number of carbonyl (C=O) groups is 2. The summed E-state index contributed by atoms with van der Waals surface area (Å²) in [4.78, 5) is 27.7. The second-order valence-corrected chi connectivity index (χ2v) is 8.92. The van der Waals surface area contributed by atoms with E-state index in [9.17, 15) is 9.59 Å². The topological polar surface area (TPSA) is 58.6 Å². The molecule has 0 fully saturated rings. The maximum atomic E-state index is 13.2. The molecule has 0 saturated carbocycles. The van der Waals surface area contributed by atoms with Gasteiger partial charge in [0.25, 0.3) is 5.91 Å². The van der Waals surface area contributed by atoms with Crippen molar-refractivity contribution in [1.82, 2.24) is 10.2 Å². The highest BCUT2D eigenvalue weighted by atomic mass is 35.5. The lowest BCUT2D eigenvalue weighted by atomic mass is 10.1. The Labute approximate surface area is 197 Å². The molecule has 32 heavy (non-hydrogen) atoms. The minimum atomic E-state index is -0.540. The van der Waals surface area contributed by atoms with Gasteiger partial charge in [0, 0.05) is 18.1 Å². The van der Waals surface area contributed by atoms with E-state index in [0.29, 0.717) is 42.6 Å². The standard InChI is InChI=1S/C26H35ClN2O3/c1-6-23(26(31)28-16-18(2)3)29(13-12-21-10-8-7-9-11-21)24(30)17-32-22-14-19(4)25(27)20(5)15-22/h7-11,14-15,18,23H,6,12-13,16-17H2,1-5H3,(H,28,31)/t23-/m0/s1. The number of nitrogens with one attached hydrogen (secondary N) is 1. The summed E-state index contributed by atoms with van der Waals surface area (Å²) in [5.74, 6) is 0.598. The van der Waals surface area contributed by atoms with Crippen molar-refractivity contribution in [2.75, 3.05) is 19.7 Å². The van der Waals surface area contributed by atoms with Gasteiger partial charge in [0.1, 0.15) is 11.8 Å². The maximum absolute atomic E-state index is 13.2. The van der Waals surface area contributed by atoms with Gasteiger partial charge < -0.3 is 15.0 Å². The number of nitrogens with zero attached hydrogens (tertiary/aromatic N) is 1. The summed E-state index contributed by atoms with van der Waals surface area (Å²) >= 11 is 6.23. The second kappa shape index (κ2) is 12.5. The number of hydrogen-bond acceptors (Lipinski definition) is 3. The normalized spacial score (nSPS) is 11.8. The number of ether oxygens (including phenoxy) is 1. The molecule has 1 N–H and O–H groups in total. The zero-order valence-corrected chi connectivity index (χ0v) is 20.5. The lowest BCUT2D eigenvalue weighted by Crippen LogP contribution is -2.51. The van der Waals surface area contributed by atoms with Crippen molar-refractivity contribution >= 4 is 23.4 Å². The molecule has 2 aromatic rings. The van der Waals surface area contributed by atoms with Gasteiger partial charge in [-0.15, -0.1) is 0 Å². The number of benzene rings is 2. The number of hydrogen-bond donors (Lipinski definition) is 1. The number of amides is 2. The van der Waals surface area contributed by atoms with Crippen molar-refractivity contribution in [1.29, 1.82) is 0 Å². The highest BCUT2D eigenvalue weighted by Crippen LogP contribution is 2.26. The predicted octanol–water partition coefficient (Wildman–Crippen LogP) is 4.96. The van der Waals surface area contributed by atoms with Crippen LogP contribution in [0.1, 0.15) is 43.9 Å². The van der Waals surface area contributed by atoms with Crippen LogP contribution in [-0.4, -0.2) is 42.5 Å².